The SMILES string of the molecule is CCCC(C)C(=O)C(C)(C)c1ccccc1. The van der Waals surface area contributed by atoms with Crippen molar-refractivity contribution in [3.05, 3.63) is 35.9 Å². The van der Waals surface area contributed by atoms with Crippen LogP contribution in [-0.4, -0.2) is 5.78 Å². The summed E-state index contributed by atoms with van der Waals surface area (Å²) in [6, 6.07) is 10.1. The van der Waals surface area contributed by atoms with Crippen LogP contribution in [0.25, 0.3) is 0 Å². The second kappa shape index (κ2) is 5.29. The van der Waals surface area contributed by atoms with Gasteiger partial charge in [-0.3, -0.25) is 4.79 Å². The number of hydrogen-bond donors (Lipinski definition) is 0. The van der Waals surface area contributed by atoms with E-state index in [-0.39, 0.29) is 11.3 Å². The lowest BCUT2D eigenvalue weighted by Gasteiger charge is -2.27. The summed E-state index contributed by atoms with van der Waals surface area (Å²) < 4.78 is 0. The molecule has 1 heteroatoms. The van der Waals surface area contributed by atoms with E-state index in [1.165, 1.54) is 0 Å². The van der Waals surface area contributed by atoms with Gasteiger partial charge >= 0.3 is 0 Å². The van der Waals surface area contributed by atoms with Gasteiger partial charge in [-0.05, 0) is 25.8 Å². The van der Waals surface area contributed by atoms with E-state index in [1.54, 1.807) is 0 Å². The first-order chi connectivity index (χ1) is 7.50. The first-order valence-corrected chi connectivity index (χ1v) is 6.10. The molecule has 1 nitrogen and oxygen atoms in total. The summed E-state index contributed by atoms with van der Waals surface area (Å²) in [5.74, 6) is 0.501. The van der Waals surface area contributed by atoms with E-state index in [9.17, 15) is 4.79 Å². The largest absolute Gasteiger partial charge is 0.298 e. The summed E-state index contributed by atoms with van der Waals surface area (Å²) in [5.41, 5.74) is 0.749. The van der Waals surface area contributed by atoms with Crippen LogP contribution in [0.1, 0.15) is 46.1 Å². The fraction of sp³-hybridized carbons (Fsp3) is 0.533. The topological polar surface area (TPSA) is 17.1 Å². The van der Waals surface area contributed by atoms with E-state index in [1.807, 2.05) is 51.1 Å². The van der Waals surface area contributed by atoms with Crippen LogP contribution in [-0.2, 0) is 10.2 Å². The van der Waals surface area contributed by atoms with Gasteiger partial charge in [0.15, 0.2) is 0 Å². The predicted octanol–water partition coefficient (Wildman–Crippen LogP) is 3.97. The summed E-state index contributed by atoms with van der Waals surface area (Å²) in [5, 5.41) is 0. The Morgan fingerprint density at radius 1 is 1.25 bits per heavy atom. The molecule has 0 N–H and O–H groups in total. The molecule has 1 rings (SSSR count). The summed E-state index contributed by atoms with van der Waals surface area (Å²) >= 11 is 0. The Hall–Kier alpha value is -1.11. The van der Waals surface area contributed by atoms with Crippen LogP contribution in [0.2, 0.25) is 0 Å². The van der Waals surface area contributed by atoms with Crippen molar-refractivity contribution in [1.82, 2.24) is 0 Å². The number of hydrogen-bond acceptors (Lipinski definition) is 1. The zero-order chi connectivity index (χ0) is 12.2. The minimum Gasteiger partial charge on any atom is -0.298 e. The Balaban J connectivity index is 2.89. The first-order valence-electron chi connectivity index (χ1n) is 6.10. The monoisotopic (exact) mass is 218 g/mol. The molecule has 0 spiro atoms. The van der Waals surface area contributed by atoms with Crippen molar-refractivity contribution in [1.29, 1.82) is 0 Å². The van der Waals surface area contributed by atoms with Crippen LogP contribution in [0.4, 0.5) is 0 Å². The van der Waals surface area contributed by atoms with Gasteiger partial charge in [0.05, 0.1) is 0 Å². The van der Waals surface area contributed by atoms with Gasteiger partial charge in [0.1, 0.15) is 5.78 Å². The van der Waals surface area contributed by atoms with Gasteiger partial charge in [0, 0.05) is 11.3 Å². The molecule has 1 aromatic rings. The van der Waals surface area contributed by atoms with Gasteiger partial charge < -0.3 is 0 Å². The lowest BCUT2D eigenvalue weighted by atomic mass is 9.75. The molecule has 0 saturated heterocycles. The normalized spacial score (nSPS) is 13.5. The minimum atomic E-state index is -0.365. The molecular weight excluding hydrogens is 196 g/mol. The maximum absolute atomic E-state index is 12.4. The van der Waals surface area contributed by atoms with Crippen molar-refractivity contribution in [2.45, 2.75) is 46.0 Å². The Morgan fingerprint density at radius 2 is 1.81 bits per heavy atom. The molecule has 0 fully saturated rings. The van der Waals surface area contributed by atoms with Gasteiger partial charge in [0.2, 0.25) is 0 Å². The number of carbonyl (C=O) groups excluding carboxylic acids is 1. The zero-order valence-electron chi connectivity index (χ0n) is 10.8. The molecule has 0 bridgehead atoms. The first kappa shape index (κ1) is 13.0. The Kier molecular flexibility index (Phi) is 4.28. The smallest absolute Gasteiger partial charge is 0.145 e. The van der Waals surface area contributed by atoms with E-state index in [4.69, 9.17) is 0 Å². The van der Waals surface area contributed by atoms with E-state index in [2.05, 4.69) is 6.92 Å². The third-order valence-electron chi connectivity index (χ3n) is 3.28. The fourth-order valence-corrected chi connectivity index (χ4v) is 2.18. The number of benzene rings is 1. The van der Waals surface area contributed by atoms with Gasteiger partial charge in [-0.15, -0.1) is 0 Å². The summed E-state index contributed by atoms with van der Waals surface area (Å²) in [6.45, 7) is 8.21. The van der Waals surface area contributed by atoms with Gasteiger partial charge in [-0.1, -0.05) is 50.6 Å². The van der Waals surface area contributed by atoms with Crippen LogP contribution < -0.4 is 0 Å². The maximum Gasteiger partial charge on any atom is 0.145 e. The molecule has 16 heavy (non-hydrogen) atoms. The highest BCUT2D eigenvalue weighted by atomic mass is 16.1. The van der Waals surface area contributed by atoms with Gasteiger partial charge in [-0.2, -0.15) is 0 Å². The highest BCUT2D eigenvalue weighted by molar-refractivity contribution is 5.90. The molecule has 1 atom stereocenters. The molecule has 0 radical (unpaired) electrons. The molecule has 88 valence electrons. The third-order valence-corrected chi connectivity index (χ3v) is 3.28. The second-order valence-electron chi connectivity index (χ2n) is 5.04. The lowest BCUT2D eigenvalue weighted by Crippen LogP contribution is -2.33. The quantitative estimate of drug-likeness (QED) is 0.731. The number of ketones is 1. The fourth-order valence-electron chi connectivity index (χ4n) is 2.18. The average molecular weight is 218 g/mol. The van der Waals surface area contributed by atoms with E-state index >= 15 is 0 Å². The summed E-state index contributed by atoms with van der Waals surface area (Å²) in [6.07, 6.45) is 2.05. The molecule has 0 amide bonds. The highest BCUT2D eigenvalue weighted by Gasteiger charge is 2.32. The van der Waals surface area contributed by atoms with Crippen molar-refractivity contribution in [3.8, 4) is 0 Å². The van der Waals surface area contributed by atoms with Gasteiger partial charge in [-0.25, -0.2) is 0 Å². The number of Topliss-reactive ketones (excluding diaryl/α,β-unsaturated/α-hetero) is 1. The zero-order valence-corrected chi connectivity index (χ0v) is 10.8. The van der Waals surface area contributed by atoms with Crippen molar-refractivity contribution in [2.75, 3.05) is 0 Å². The van der Waals surface area contributed by atoms with Crippen LogP contribution in [0.15, 0.2) is 30.3 Å². The van der Waals surface area contributed by atoms with Crippen molar-refractivity contribution < 1.29 is 4.79 Å². The Bertz CT molecular complexity index is 338. The highest BCUT2D eigenvalue weighted by Crippen LogP contribution is 2.28. The predicted molar refractivity (Wildman–Crippen MR) is 68.5 cm³/mol. The summed E-state index contributed by atoms with van der Waals surface area (Å²) in [7, 11) is 0. The molecule has 0 aliphatic rings. The molecular formula is C15H22O. The molecule has 0 saturated carbocycles. The Labute approximate surface area is 98.9 Å². The van der Waals surface area contributed by atoms with E-state index < -0.39 is 0 Å². The van der Waals surface area contributed by atoms with Crippen molar-refractivity contribution >= 4 is 5.78 Å². The maximum atomic E-state index is 12.4. The lowest BCUT2D eigenvalue weighted by molar-refractivity contribution is -0.127. The van der Waals surface area contributed by atoms with Crippen LogP contribution >= 0.6 is 0 Å². The average Bonchev–Trinajstić information content (AvgIpc) is 2.29. The van der Waals surface area contributed by atoms with Crippen molar-refractivity contribution in [3.63, 3.8) is 0 Å². The second-order valence-corrected chi connectivity index (χ2v) is 5.04. The number of carbonyl (C=O) groups is 1. The summed E-state index contributed by atoms with van der Waals surface area (Å²) in [4.78, 5) is 12.4. The number of rotatable bonds is 5. The molecule has 1 aromatic carbocycles. The van der Waals surface area contributed by atoms with Crippen LogP contribution in [0.3, 0.4) is 0 Å². The standard InChI is InChI=1S/C15H22O/c1-5-9-12(2)14(16)15(3,4)13-10-7-6-8-11-13/h6-8,10-12H,5,9H2,1-4H3. The van der Waals surface area contributed by atoms with Crippen LogP contribution in [0, 0.1) is 5.92 Å². The molecule has 0 aromatic heterocycles. The minimum absolute atomic E-state index is 0.153. The van der Waals surface area contributed by atoms with E-state index in [0.717, 1.165) is 18.4 Å². The van der Waals surface area contributed by atoms with Crippen molar-refractivity contribution in [2.24, 2.45) is 5.92 Å². The van der Waals surface area contributed by atoms with Crippen LogP contribution in [0.5, 0.6) is 0 Å². The molecule has 0 aliphatic heterocycles. The van der Waals surface area contributed by atoms with E-state index in [0.29, 0.717) is 5.78 Å². The molecule has 0 aliphatic carbocycles. The Morgan fingerprint density at radius 3 is 2.31 bits per heavy atom. The van der Waals surface area contributed by atoms with Gasteiger partial charge in [0.25, 0.3) is 0 Å². The molecule has 1 unspecified atom stereocenters. The third kappa shape index (κ3) is 2.72. The molecule has 0 heterocycles.